The van der Waals surface area contributed by atoms with Crippen LogP contribution >= 0.6 is 27.3 Å². The molecule has 0 unspecified atom stereocenters. The molecule has 3 rings (SSSR count). The van der Waals surface area contributed by atoms with E-state index in [9.17, 15) is 4.79 Å². The van der Waals surface area contributed by atoms with Gasteiger partial charge in [-0.25, -0.2) is 0 Å². The largest absolute Gasteiger partial charge is 0.490 e. The predicted octanol–water partition coefficient (Wildman–Crippen LogP) is 3.55. The Bertz CT molecular complexity index is 596. The van der Waals surface area contributed by atoms with E-state index in [0.29, 0.717) is 18.7 Å². The molecular weight excluding hydrogens is 314 g/mol. The summed E-state index contributed by atoms with van der Waals surface area (Å²) in [6.45, 7) is 1.12. The monoisotopic (exact) mass is 323 g/mol. The molecule has 0 fully saturated rings. The number of amides is 1. The molecule has 92 valence electrons. The Morgan fingerprint density at radius 1 is 1.39 bits per heavy atom. The number of carbonyl (C=O) groups is 1. The highest BCUT2D eigenvalue weighted by Crippen LogP contribution is 2.32. The Morgan fingerprint density at radius 2 is 2.22 bits per heavy atom. The molecule has 0 saturated carbocycles. The van der Waals surface area contributed by atoms with Gasteiger partial charge in [0.25, 0.3) is 5.91 Å². The maximum absolute atomic E-state index is 12.4. The Morgan fingerprint density at radius 3 is 3.00 bits per heavy atom. The average Bonchev–Trinajstić information content (AvgIpc) is 2.84. The molecule has 1 aliphatic heterocycles. The van der Waals surface area contributed by atoms with Gasteiger partial charge in [-0.2, -0.15) is 0 Å². The third kappa shape index (κ3) is 2.04. The van der Waals surface area contributed by atoms with Crippen LogP contribution in [0.25, 0.3) is 0 Å². The lowest BCUT2D eigenvalue weighted by Gasteiger charge is -2.29. The lowest BCUT2D eigenvalue weighted by molar-refractivity contribution is 0.0977. The van der Waals surface area contributed by atoms with E-state index >= 15 is 0 Å². The number of benzene rings is 1. The average molecular weight is 324 g/mol. The number of carbonyl (C=O) groups excluding carboxylic acids is 1. The molecule has 0 bridgehead atoms. The number of thiophene rings is 1. The Balaban J connectivity index is 1.96. The van der Waals surface area contributed by atoms with Gasteiger partial charge in [0.05, 0.1) is 21.6 Å². The predicted molar refractivity (Wildman–Crippen MR) is 75.6 cm³/mol. The van der Waals surface area contributed by atoms with E-state index in [1.54, 1.807) is 4.90 Å². The summed E-state index contributed by atoms with van der Waals surface area (Å²) < 4.78 is 6.51. The van der Waals surface area contributed by atoms with Gasteiger partial charge in [-0.1, -0.05) is 12.1 Å². The van der Waals surface area contributed by atoms with Crippen LogP contribution in [0.5, 0.6) is 5.75 Å². The fourth-order valence-corrected chi connectivity index (χ4v) is 3.09. The summed E-state index contributed by atoms with van der Waals surface area (Å²) in [5, 5.41) is 1.87. The lowest BCUT2D eigenvalue weighted by Crippen LogP contribution is -2.37. The molecule has 5 heteroatoms. The SMILES string of the molecule is O=C(c1csc(Br)c1)N1CCOc2ccccc21. The van der Waals surface area contributed by atoms with Crippen molar-refractivity contribution >= 4 is 38.9 Å². The van der Waals surface area contributed by atoms with Crippen molar-refractivity contribution < 1.29 is 9.53 Å². The molecule has 0 saturated heterocycles. The summed E-state index contributed by atoms with van der Waals surface area (Å²) in [5.74, 6) is 0.791. The minimum Gasteiger partial charge on any atom is -0.490 e. The highest BCUT2D eigenvalue weighted by Gasteiger charge is 2.24. The standard InChI is InChI=1S/C13H10BrNO2S/c14-12-7-9(8-18-12)13(16)15-5-6-17-11-4-2-1-3-10(11)15/h1-4,7-8H,5-6H2. The van der Waals surface area contributed by atoms with Crippen molar-refractivity contribution in [2.75, 3.05) is 18.1 Å². The second-order valence-electron chi connectivity index (χ2n) is 3.91. The van der Waals surface area contributed by atoms with Gasteiger partial charge >= 0.3 is 0 Å². The van der Waals surface area contributed by atoms with Crippen LogP contribution < -0.4 is 9.64 Å². The summed E-state index contributed by atoms with van der Waals surface area (Å²) in [6, 6.07) is 9.47. The maximum atomic E-state index is 12.4. The molecule has 1 aliphatic rings. The van der Waals surface area contributed by atoms with Crippen molar-refractivity contribution in [2.24, 2.45) is 0 Å². The van der Waals surface area contributed by atoms with Crippen molar-refractivity contribution in [1.29, 1.82) is 0 Å². The van der Waals surface area contributed by atoms with Crippen LogP contribution in [0.3, 0.4) is 0 Å². The van der Waals surface area contributed by atoms with Crippen LogP contribution in [0.15, 0.2) is 39.5 Å². The number of halogens is 1. The first-order chi connectivity index (χ1) is 8.75. The first-order valence-corrected chi connectivity index (χ1v) is 7.21. The smallest absolute Gasteiger partial charge is 0.259 e. The van der Waals surface area contributed by atoms with Crippen molar-refractivity contribution in [1.82, 2.24) is 0 Å². The van der Waals surface area contributed by atoms with E-state index in [2.05, 4.69) is 15.9 Å². The van der Waals surface area contributed by atoms with Gasteiger partial charge in [0.2, 0.25) is 0 Å². The minimum absolute atomic E-state index is 0.0210. The molecule has 0 aliphatic carbocycles. The van der Waals surface area contributed by atoms with Crippen LogP contribution in [-0.4, -0.2) is 19.1 Å². The van der Waals surface area contributed by atoms with Gasteiger partial charge in [0, 0.05) is 5.38 Å². The Kier molecular flexibility index (Phi) is 3.09. The number of hydrogen-bond acceptors (Lipinski definition) is 3. The summed E-state index contributed by atoms with van der Waals surface area (Å²) in [4.78, 5) is 14.2. The van der Waals surface area contributed by atoms with Gasteiger partial charge in [-0.15, -0.1) is 11.3 Å². The molecule has 1 amide bonds. The third-order valence-corrected chi connectivity index (χ3v) is 4.29. The maximum Gasteiger partial charge on any atom is 0.259 e. The molecule has 0 spiro atoms. The molecule has 3 nitrogen and oxygen atoms in total. The fourth-order valence-electron chi connectivity index (χ4n) is 1.96. The van der Waals surface area contributed by atoms with E-state index < -0.39 is 0 Å². The highest BCUT2D eigenvalue weighted by atomic mass is 79.9. The minimum atomic E-state index is 0.0210. The second kappa shape index (κ2) is 4.74. The quantitative estimate of drug-likeness (QED) is 0.803. The number of anilines is 1. The number of nitrogens with zero attached hydrogens (tertiary/aromatic N) is 1. The third-order valence-electron chi connectivity index (χ3n) is 2.79. The zero-order chi connectivity index (χ0) is 12.5. The summed E-state index contributed by atoms with van der Waals surface area (Å²) in [5.41, 5.74) is 1.56. The van der Waals surface area contributed by atoms with Crippen molar-refractivity contribution in [3.8, 4) is 5.75 Å². The summed E-state index contributed by atoms with van der Waals surface area (Å²) >= 11 is 4.90. The van der Waals surface area contributed by atoms with Gasteiger partial charge < -0.3 is 9.64 Å². The zero-order valence-corrected chi connectivity index (χ0v) is 11.8. The number of hydrogen-bond donors (Lipinski definition) is 0. The normalized spacial score (nSPS) is 13.9. The van der Waals surface area contributed by atoms with Gasteiger partial charge in [-0.3, -0.25) is 4.79 Å². The molecular formula is C13H10BrNO2S. The Labute approximate surface area is 117 Å². The molecule has 2 aromatic rings. The first-order valence-electron chi connectivity index (χ1n) is 5.53. The van der Waals surface area contributed by atoms with Crippen LogP contribution in [0, 0.1) is 0 Å². The summed E-state index contributed by atoms with van der Waals surface area (Å²) in [6.07, 6.45) is 0. The molecule has 0 N–H and O–H groups in total. The molecule has 0 atom stereocenters. The molecule has 18 heavy (non-hydrogen) atoms. The lowest BCUT2D eigenvalue weighted by atomic mass is 10.2. The number of para-hydroxylation sites is 2. The van der Waals surface area contributed by atoms with E-state index in [-0.39, 0.29) is 5.91 Å². The molecule has 2 heterocycles. The highest BCUT2D eigenvalue weighted by molar-refractivity contribution is 9.11. The van der Waals surface area contributed by atoms with Crippen LogP contribution in [0.1, 0.15) is 10.4 Å². The van der Waals surface area contributed by atoms with Gasteiger partial charge in [-0.05, 0) is 34.1 Å². The van der Waals surface area contributed by atoms with Gasteiger partial charge in [0.1, 0.15) is 12.4 Å². The fraction of sp³-hybridized carbons (Fsp3) is 0.154. The van der Waals surface area contributed by atoms with E-state index in [4.69, 9.17) is 4.74 Å². The van der Waals surface area contributed by atoms with Crippen molar-refractivity contribution in [3.63, 3.8) is 0 Å². The first kappa shape index (κ1) is 11.7. The number of ether oxygens (including phenoxy) is 1. The molecule has 1 aromatic heterocycles. The van der Waals surface area contributed by atoms with Crippen LogP contribution in [-0.2, 0) is 0 Å². The van der Waals surface area contributed by atoms with Crippen LogP contribution in [0.2, 0.25) is 0 Å². The van der Waals surface area contributed by atoms with Crippen LogP contribution in [0.4, 0.5) is 5.69 Å². The molecule has 0 radical (unpaired) electrons. The van der Waals surface area contributed by atoms with Gasteiger partial charge in [0.15, 0.2) is 0 Å². The number of fused-ring (bicyclic) bond motifs is 1. The zero-order valence-electron chi connectivity index (χ0n) is 9.43. The van der Waals surface area contributed by atoms with E-state index in [1.807, 2.05) is 35.7 Å². The summed E-state index contributed by atoms with van der Waals surface area (Å²) in [7, 11) is 0. The van der Waals surface area contributed by atoms with Crippen molar-refractivity contribution in [3.05, 3.63) is 45.1 Å². The van der Waals surface area contributed by atoms with E-state index in [0.717, 1.165) is 15.2 Å². The Hall–Kier alpha value is -1.33. The number of rotatable bonds is 1. The molecule has 1 aromatic carbocycles. The topological polar surface area (TPSA) is 29.5 Å². The second-order valence-corrected chi connectivity index (χ2v) is 6.20. The van der Waals surface area contributed by atoms with E-state index in [1.165, 1.54) is 11.3 Å². The van der Waals surface area contributed by atoms with Crippen molar-refractivity contribution in [2.45, 2.75) is 0 Å².